The van der Waals surface area contributed by atoms with Crippen LogP contribution in [0.15, 0.2) is 48.5 Å². The molecule has 0 bridgehead atoms. The van der Waals surface area contributed by atoms with Crippen molar-refractivity contribution in [3.63, 3.8) is 0 Å². The molecule has 4 rings (SSSR count). The summed E-state index contributed by atoms with van der Waals surface area (Å²) in [6.45, 7) is 5.53. The molecular weight excluding hydrogens is 378 g/mol. The second-order valence-electron chi connectivity index (χ2n) is 8.28. The van der Waals surface area contributed by atoms with Crippen molar-refractivity contribution < 1.29 is 14.3 Å². The number of hydrogen-bond acceptors (Lipinski definition) is 4. The lowest BCUT2D eigenvalue weighted by atomic mass is 10.0. The zero-order valence-corrected chi connectivity index (χ0v) is 17.4. The Labute approximate surface area is 177 Å². The molecule has 0 radical (unpaired) electrons. The van der Waals surface area contributed by atoms with Crippen molar-refractivity contribution in [1.29, 1.82) is 0 Å². The first-order chi connectivity index (χ1) is 14.5. The van der Waals surface area contributed by atoms with Crippen LogP contribution in [0.3, 0.4) is 0 Å². The van der Waals surface area contributed by atoms with Crippen LogP contribution in [0.25, 0.3) is 0 Å². The minimum Gasteiger partial charge on any atom is -0.366 e. The van der Waals surface area contributed by atoms with Crippen molar-refractivity contribution in [2.24, 2.45) is 5.73 Å². The van der Waals surface area contributed by atoms with Gasteiger partial charge in [-0.05, 0) is 48.6 Å². The smallest absolute Gasteiger partial charge is 0.249 e. The first-order valence-corrected chi connectivity index (χ1v) is 10.6. The van der Waals surface area contributed by atoms with Crippen LogP contribution >= 0.6 is 0 Å². The number of morpholine rings is 1. The van der Waals surface area contributed by atoms with E-state index in [-0.39, 0.29) is 24.7 Å². The van der Waals surface area contributed by atoms with Gasteiger partial charge in [-0.25, -0.2) is 0 Å². The van der Waals surface area contributed by atoms with Gasteiger partial charge < -0.3 is 15.4 Å². The monoisotopic (exact) mass is 407 g/mol. The number of benzene rings is 2. The van der Waals surface area contributed by atoms with Crippen molar-refractivity contribution in [3.05, 3.63) is 70.8 Å². The van der Waals surface area contributed by atoms with E-state index in [4.69, 9.17) is 10.5 Å². The molecule has 6 heteroatoms. The van der Waals surface area contributed by atoms with Crippen LogP contribution in [0.4, 0.5) is 0 Å². The molecule has 2 N–H and O–H groups in total. The van der Waals surface area contributed by atoms with Crippen LogP contribution in [0.5, 0.6) is 0 Å². The number of carbonyl (C=O) groups excluding carboxylic acids is 2. The minimum atomic E-state index is -0.454. The predicted octanol–water partition coefficient (Wildman–Crippen LogP) is 2.49. The van der Waals surface area contributed by atoms with Crippen LogP contribution in [-0.2, 0) is 22.6 Å². The van der Waals surface area contributed by atoms with E-state index < -0.39 is 5.91 Å². The predicted molar refractivity (Wildman–Crippen MR) is 115 cm³/mol. The summed E-state index contributed by atoms with van der Waals surface area (Å²) in [5, 5.41) is 0. The van der Waals surface area contributed by atoms with Crippen LogP contribution in [0.2, 0.25) is 0 Å². The Morgan fingerprint density at radius 2 is 1.90 bits per heavy atom. The van der Waals surface area contributed by atoms with E-state index in [0.717, 1.165) is 38.0 Å². The highest BCUT2D eigenvalue weighted by atomic mass is 16.5. The van der Waals surface area contributed by atoms with Gasteiger partial charge in [-0.1, -0.05) is 36.4 Å². The lowest BCUT2D eigenvalue weighted by Crippen LogP contribution is -2.53. The summed E-state index contributed by atoms with van der Waals surface area (Å²) in [7, 11) is 0. The molecule has 2 saturated heterocycles. The lowest BCUT2D eigenvalue weighted by Gasteiger charge is -2.40. The maximum absolute atomic E-state index is 12.7. The van der Waals surface area contributed by atoms with Gasteiger partial charge in [0.25, 0.3) is 0 Å². The molecule has 2 aromatic carbocycles. The molecule has 2 amide bonds. The van der Waals surface area contributed by atoms with Gasteiger partial charge in [0.15, 0.2) is 0 Å². The minimum absolute atomic E-state index is 0.00748. The summed E-state index contributed by atoms with van der Waals surface area (Å²) in [5.41, 5.74) is 9.45. The highest BCUT2D eigenvalue weighted by Crippen LogP contribution is 2.27. The largest absolute Gasteiger partial charge is 0.366 e. The van der Waals surface area contributed by atoms with Gasteiger partial charge in [-0.3, -0.25) is 14.5 Å². The zero-order chi connectivity index (χ0) is 21.1. The third-order valence-corrected chi connectivity index (χ3v) is 6.26. The standard InChI is InChI=1S/C24H29N3O3/c1-17-5-2-3-7-20(17)15-26-11-9-21-22(10-12-26)30-16-23(28)27(21)14-18-6-4-8-19(13-18)24(25)29/h2-8,13,21-22H,9-12,14-16H2,1H3,(H2,25,29)/t21-,22-/m0/s1. The van der Waals surface area contributed by atoms with E-state index in [9.17, 15) is 9.59 Å². The molecule has 30 heavy (non-hydrogen) atoms. The molecule has 0 saturated carbocycles. The quantitative estimate of drug-likeness (QED) is 0.826. The number of nitrogens with two attached hydrogens (primary N) is 1. The molecule has 2 aliphatic rings. The van der Waals surface area contributed by atoms with Gasteiger partial charge in [0.2, 0.25) is 11.8 Å². The maximum Gasteiger partial charge on any atom is 0.249 e. The zero-order valence-electron chi connectivity index (χ0n) is 17.4. The van der Waals surface area contributed by atoms with Crippen molar-refractivity contribution in [2.75, 3.05) is 19.7 Å². The molecular formula is C24H29N3O3. The molecule has 2 heterocycles. The number of fused-ring (bicyclic) bond motifs is 1. The van der Waals surface area contributed by atoms with E-state index in [2.05, 4.69) is 36.1 Å². The molecule has 2 aromatic rings. The fourth-order valence-corrected chi connectivity index (χ4v) is 4.52. The van der Waals surface area contributed by atoms with E-state index >= 15 is 0 Å². The summed E-state index contributed by atoms with van der Waals surface area (Å²) >= 11 is 0. The van der Waals surface area contributed by atoms with Gasteiger partial charge in [-0.2, -0.15) is 0 Å². The first-order valence-electron chi connectivity index (χ1n) is 10.6. The Kier molecular flexibility index (Phi) is 6.16. The van der Waals surface area contributed by atoms with Crippen LogP contribution in [0.1, 0.15) is 39.9 Å². The molecule has 0 unspecified atom stereocenters. The molecule has 2 fully saturated rings. The van der Waals surface area contributed by atoms with E-state index in [0.29, 0.717) is 12.1 Å². The Hall–Kier alpha value is -2.70. The van der Waals surface area contributed by atoms with Crippen molar-refractivity contribution >= 4 is 11.8 Å². The Bertz CT molecular complexity index is 929. The highest BCUT2D eigenvalue weighted by Gasteiger charge is 2.38. The first kappa shape index (κ1) is 20.6. The van der Waals surface area contributed by atoms with Gasteiger partial charge >= 0.3 is 0 Å². The molecule has 0 aromatic heterocycles. The molecule has 0 aliphatic carbocycles. The summed E-state index contributed by atoms with van der Waals surface area (Å²) in [6, 6.07) is 15.8. The third-order valence-electron chi connectivity index (χ3n) is 6.26. The number of likely N-dealkylation sites (tertiary alicyclic amines) is 1. The number of carbonyl (C=O) groups is 2. The van der Waals surface area contributed by atoms with Crippen LogP contribution in [0, 0.1) is 6.92 Å². The second kappa shape index (κ2) is 8.98. The average Bonchev–Trinajstić information content (AvgIpc) is 2.94. The molecule has 2 aliphatic heterocycles. The number of ether oxygens (including phenoxy) is 1. The summed E-state index contributed by atoms with van der Waals surface area (Å²) in [5.74, 6) is -0.447. The van der Waals surface area contributed by atoms with Crippen molar-refractivity contribution in [2.45, 2.75) is 45.0 Å². The average molecular weight is 408 g/mol. The Morgan fingerprint density at radius 1 is 1.10 bits per heavy atom. The normalized spacial score (nSPS) is 22.4. The van der Waals surface area contributed by atoms with Gasteiger partial charge in [0.05, 0.1) is 12.1 Å². The number of amides is 2. The lowest BCUT2D eigenvalue weighted by molar-refractivity contribution is -0.158. The number of nitrogens with zero attached hydrogens (tertiary/aromatic N) is 2. The maximum atomic E-state index is 12.7. The fraction of sp³-hybridized carbons (Fsp3) is 0.417. The number of primary amides is 1. The number of hydrogen-bond donors (Lipinski definition) is 1. The van der Waals surface area contributed by atoms with Gasteiger partial charge in [0.1, 0.15) is 6.61 Å². The second-order valence-corrected chi connectivity index (χ2v) is 8.28. The Balaban J connectivity index is 1.47. The Morgan fingerprint density at radius 3 is 2.70 bits per heavy atom. The van der Waals surface area contributed by atoms with Gasteiger partial charge in [-0.15, -0.1) is 0 Å². The fourth-order valence-electron chi connectivity index (χ4n) is 4.52. The molecule has 6 nitrogen and oxygen atoms in total. The van der Waals surface area contributed by atoms with Gasteiger partial charge in [0, 0.05) is 31.7 Å². The topological polar surface area (TPSA) is 75.9 Å². The van der Waals surface area contributed by atoms with E-state index in [1.165, 1.54) is 11.1 Å². The van der Waals surface area contributed by atoms with Crippen molar-refractivity contribution in [3.8, 4) is 0 Å². The molecule has 158 valence electrons. The molecule has 0 spiro atoms. The number of aryl methyl sites for hydroxylation is 1. The van der Waals surface area contributed by atoms with E-state index in [1.54, 1.807) is 12.1 Å². The highest BCUT2D eigenvalue weighted by molar-refractivity contribution is 5.92. The summed E-state index contributed by atoms with van der Waals surface area (Å²) in [4.78, 5) is 28.6. The molecule has 2 atom stereocenters. The van der Waals surface area contributed by atoms with Crippen molar-refractivity contribution in [1.82, 2.24) is 9.80 Å². The number of rotatable bonds is 5. The van der Waals surface area contributed by atoms with E-state index in [1.807, 2.05) is 17.0 Å². The summed E-state index contributed by atoms with van der Waals surface area (Å²) in [6.07, 6.45) is 1.82. The van der Waals surface area contributed by atoms with Crippen LogP contribution in [-0.4, -0.2) is 53.5 Å². The SMILES string of the molecule is Cc1ccccc1CN1CC[C@@H]2OCC(=O)N(Cc3cccc(C(N)=O)c3)[C@H]2CC1. The van der Waals surface area contributed by atoms with Crippen LogP contribution < -0.4 is 5.73 Å². The third kappa shape index (κ3) is 4.55. The summed E-state index contributed by atoms with van der Waals surface area (Å²) < 4.78 is 5.93.